The summed E-state index contributed by atoms with van der Waals surface area (Å²) in [6, 6.07) is 12.4. The molecule has 2 aromatic carbocycles. The zero-order chi connectivity index (χ0) is 14.7. The normalized spacial score (nSPS) is 12.2. The van der Waals surface area contributed by atoms with Crippen molar-refractivity contribution < 1.29 is 4.74 Å². The molecule has 2 nitrogen and oxygen atoms in total. The van der Waals surface area contributed by atoms with Crippen molar-refractivity contribution in [1.82, 2.24) is 0 Å². The van der Waals surface area contributed by atoms with Crippen LogP contribution in [0, 0.1) is 13.8 Å². The van der Waals surface area contributed by atoms with Crippen molar-refractivity contribution in [3.8, 4) is 5.75 Å². The van der Waals surface area contributed by atoms with Gasteiger partial charge in [0.15, 0.2) is 0 Å². The summed E-state index contributed by atoms with van der Waals surface area (Å²) in [6.45, 7) is 6.72. The van der Waals surface area contributed by atoms with Gasteiger partial charge in [0.1, 0.15) is 12.4 Å². The van der Waals surface area contributed by atoms with E-state index in [1.165, 1.54) is 16.7 Å². The predicted octanol–water partition coefficient (Wildman–Crippen LogP) is 4.66. The quantitative estimate of drug-likeness (QED) is 0.882. The number of rotatable bonds is 4. The molecule has 0 aliphatic carbocycles. The van der Waals surface area contributed by atoms with Crippen LogP contribution in [0.3, 0.4) is 0 Å². The summed E-state index contributed by atoms with van der Waals surface area (Å²) in [6.07, 6.45) is 0. The Kier molecular flexibility index (Phi) is 4.84. The van der Waals surface area contributed by atoms with Crippen LogP contribution in [-0.2, 0) is 6.61 Å². The van der Waals surface area contributed by atoms with E-state index in [1.54, 1.807) is 0 Å². The van der Waals surface area contributed by atoms with E-state index < -0.39 is 0 Å². The van der Waals surface area contributed by atoms with E-state index >= 15 is 0 Å². The summed E-state index contributed by atoms with van der Waals surface area (Å²) in [5.74, 6) is 0.849. The van der Waals surface area contributed by atoms with Gasteiger partial charge in [-0.05, 0) is 44.5 Å². The van der Waals surface area contributed by atoms with Gasteiger partial charge >= 0.3 is 0 Å². The molecule has 0 radical (unpaired) electrons. The van der Waals surface area contributed by atoms with Gasteiger partial charge in [0.25, 0.3) is 0 Å². The minimum atomic E-state index is -0.0539. The lowest BCUT2D eigenvalue weighted by atomic mass is 10.1. The molecule has 2 aromatic rings. The number of halogens is 1. The van der Waals surface area contributed by atoms with Gasteiger partial charge in [-0.15, -0.1) is 0 Å². The Balaban J connectivity index is 2.18. The molecular formula is C17H20BrNO. The number of hydrogen-bond acceptors (Lipinski definition) is 2. The molecule has 0 aliphatic rings. The molecule has 0 saturated heterocycles. The molecule has 0 spiro atoms. The first-order valence-corrected chi connectivity index (χ1v) is 7.50. The predicted molar refractivity (Wildman–Crippen MR) is 87.0 cm³/mol. The highest BCUT2D eigenvalue weighted by Crippen LogP contribution is 2.28. The summed E-state index contributed by atoms with van der Waals surface area (Å²) in [5, 5.41) is 0. The Bertz CT molecular complexity index is 588. The Labute approximate surface area is 129 Å². The van der Waals surface area contributed by atoms with E-state index in [0.717, 1.165) is 15.8 Å². The maximum atomic E-state index is 6.00. The van der Waals surface area contributed by atoms with Crippen molar-refractivity contribution in [2.75, 3.05) is 0 Å². The van der Waals surface area contributed by atoms with Crippen LogP contribution in [0.2, 0.25) is 0 Å². The Morgan fingerprint density at radius 2 is 1.75 bits per heavy atom. The molecule has 0 unspecified atom stereocenters. The highest BCUT2D eigenvalue weighted by molar-refractivity contribution is 9.10. The van der Waals surface area contributed by atoms with Crippen molar-refractivity contribution in [2.24, 2.45) is 5.73 Å². The largest absolute Gasteiger partial charge is 0.489 e. The van der Waals surface area contributed by atoms with Crippen molar-refractivity contribution in [1.29, 1.82) is 0 Å². The van der Waals surface area contributed by atoms with E-state index in [0.29, 0.717) is 6.61 Å². The van der Waals surface area contributed by atoms with E-state index in [2.05, 4.69) is 48.0 Å². The number of aryl methyl sites for hydroxylation is 2. The first-order chi connectivity index (χ1) is 9.45. The van der Waals surface area contributed by atoms with Crippen LogP contribution in [-0.4, -0.2) is 0 Å². The molecule has 2 rings (SSSR count). The minimum absolute atomic E-state index is 0.0539. The summed E-state index contributed by atoms with van der Waals surface area (Å²) in [7, 11) is 0. The second kappa shape index (κ2) is 6.42. The summed E-state index contributed by atoms with van der Waals surface area (Å²) < 4.78 is 6.97. The van der Waals surface area contributed by atoms with E-state index in [4.69, 9.17) is 10.5 Å². The van der Waals surface area contributed by atoms with Crippen molar-refractivity contribution in [2.45, 2.75) is 33.4 Å². The highest BCUT2D eigenvalue weighted by atomic mass is 79.9. The third-order valence-electron chi connectivity index (χ3n) is 3.14. The van der Waals surface area contributed by atoms with Gasteiger partial charge in [0.2, 0.25) is 0 Å². The molecule has 20 heavy (non-hydrogen) atoms. The second-order valence-corrected chi connectivity index (χ2v) is 6.17. The van der Waals surface area contributed by atoms with Gasteiger partial charge < -0.3 is 10.5 Å². The number of hydrogen-bond donors (Lipinski definition) is 1. The summed E-state index contributed by atoms with van der Waals surface area (Å²) in [5.41, 5.74) is 10.7. The lowest BCUT2D eigenvalue weighted by Gasteiger charge is -2.15. The zero-order valence-corrected chi connectivity index (χ0v) is 13.7. The van der Waals surface area contributed by atoms with Crippen LogP contribution in [0.15, 0.2) is 40.9 Å². The average molecular weight is 334 g/mol. The van der Waals surface area contributed by atoms with Crippen LogP contribution < -0.4 is 10.5 Å². The average Bonchev–Trinajstić information content (AvgIpc) is 2.36. The van der Waals surface area contributed by atoms with Gasteiger partial charge in [-0.1, -0.05) is 45.3 Å². The topological polar surface area (TPSA) is 35.2 Å². The van der Waals surface area contributed by atoms with Gasteiger partial charge in [-0.3, -0.25) is 0 Å². The van der Waals surface area contributed by atoms with Crippen molar-refractivity contribution in [3.63, 3.8) is 0 Å². The van der Waals surface area contributed by atoms with Crippen LogP contribution in [0.1, 0.15) is 35.2 Å². The molecule has 0 heterocycles. The smallest absolute Gasteiger partial charge is 0.124 e. The first kappa shape index (κ1) is 15.1. The number of benzene rings is 2. The minimum Gasteiger partial charge on any atom is -0.489 e. The fourth-order valence-corrected chi connectivity index (χ4v) is 2.70. The molecular weight excluding hydrogens is 314 g/mol. The summed E-state index contributed by atoms with van der Waals surface area (Å²) in [4.78, 5) is 0. The molecule has 0 saturated carbocycles. The van der Waals surface area contributed by atoms with Crippen LogP contribution in [0.25, 0.3) is 0 Å². The monoisotopic (exact) mass is 333 g/mol. The third-order valence-corrected chi connectivity index (χ3v) is 3.63. The second-order valence-electron chi connectivity index (χ2n) is 5.26. The van der Waals surface area contributed by atoms with Gasteiger partial charge in [-0.25, -0.2) is 0 Å². The molecule has 0 amide bonds. The van der Waals surface area contributed by atoms with Crippen LogP contribution in [0.5, 0.6) is 5.75 Å². The van der Waals surface area contributed by atoms with Crippen molar-refractivity contribution >= 4 is 15.9 Å². The maximum absolute atomic E-state index is 6.00. The molecule has 0 aliphatic heterocycles. The standard InChI is InChI=1S/C17H20BrNO/c1-11-6-12(2)8-14(7-11)10-20-17-5-4-15(18)9-16(17)13(3)19/h4-9,13H,10,19H2,1-3H3/t13-/m0/s1. The zero-order valence-electron chi connectivity index (χ0n) is 12.1. The van der Waals surface area contributed by atoms with E-state index in [1.807, 2.05) is 25.1 Å². The fourth-order valence-electron chi connectivity index (χ4n) is 2.32. The molecule has 0 aromatic heterocycles. The van der Waals surface area contributed by atoms with Gasteiger partial charge in [0, 0.05) is 16.1 Å². The number of ether oxygens (including phenoxy) is 1. The first-order valence-electron chi connectivity index (χ1n) is 6.70. The Morgan fingerprint density at radius 1 is 1.10 bits per heavy atom. The van der Waals surface area contributed by atoms with Crippen molar-refractivity contribution in [3.05, 3.63) is 63.1 Å². The lowest BCUT2D eigenvalue weighted by Crippen LogP contribution is -2.08. The number of nitrogens with two attached hydrogens (primary N) is 1. The highest BCUT2D eigenvalue weighted by Gasteiger charge is 2.09. The lowest BCUT2D eigenvalue weighted by molar-refractivity contribution is 0.301. The Hall–Kier alpha value is -1.32. The molecule has 106 valence electrons. The molecule has 0 fully saturated rings. The molecule has 0 bridgehead atoms. The SMILES string of the molecule is Cc1cc(C)cc(COc2ccc(Br)cc2[C@H](C)N)c1. The van der Waals surface area contributed by atoms with E-state index in [-0.39, 0.29) is 6.04 Å². The van der Waals surface area contributed by atoms with Gasteiger partial charge in [-0.2, -0.15) is 0 Å². The Morgan fingerprint density at radius 3 is 2.35 bits per heavy atom. The molecule has 3 heteroatoms. The van der Waals surface area contributed by atoms with Crippen LogP contribution in [0.4, 0.5) is 0 Å². The molecule has 1 atom stereocenters. The molecule has 2 N–H and O–H groups in total. The fraction of sp³-hybridized carbons (Fsp3) is 0.294. The van der Waals surface area contributed by atoms with Gasteiger partial charge in [0.05, 0.1) is 0 Å². The maximum Gasteiger partial charge on any atom is 0.124 e. The summed E-state index contributed by atoms with van der Waals surface area (Å²) >= 11 is 3.47. The van der Waals surface area contributed by atoms with E-state index in [9.17, 15) is 0 Å². The third kappa shape index (κ3) is 3.84. The van der Waals surface area contributed by atoms with Crippen LogP contribution >= 0.6 is 15.9 Å².